The second kappa shape index (κ2) is 4.89. The monoisotopic (exact) mass is 228 g/mol. The van der Waals surface area contributed by atoms with Crippen molar-refractivity contribution in [3.8, 4) is 0 Å². The average Bonchev–Trinajstić information content (AvgIpc) is 2.33. The Labute approximate surface area is 92.9 Å². The minimum absolute atomic E-state index is 0.307. The van der Waals surface area contributed by atoms with Gasteiger partial charge in [0.1, 0.15) is 6.10 Å². The predicted octanol–water partition coefficient (Wildman–Crippen LogP) is 2.57. The van der Waals surface area contributed by atoms with Gasteiger partial charge in [0.2, 0.25) is 0 Å². The van der Waals surface area contributed by atoms with E-state index in [0.717, 1.165) is 31.4 Å². The van der Waals surface area contributed by atoms with Crippen molar-refractivity contribution in [2.75, 3.05) is 6.61 Å². The van der Waals surface area contributed by atoms with E-state index in [1.165, 1.54) is 6.07 Å². The molecule has 0 bridgehead atoms. The first kappa shape index (κ1) is 11.5. The number of ether oxygens (including phenoxy) is 1. The second-order valence-electron chi connectivity index (χ2n) is 4.02. The molecule has 2 rings (SSSR count). The summed E-state index contributed by atoms with van der Waals surface area (Å²) in [5, 5.41) is 9.95. The lowest BCUT2D eigenvalue weighted by Crippen LogP contribution is -2.26. The van der Waals surface area contributed by atoms with E-state index in [2.05, 4.69) is 0 Å². The number of benzene rings is 1. The molecule has 4 heteroatoms. The minimum Gasteiger partial charge on any atom is -0.386 e. The van der Waals surface area contributed by atoms with E-state index in [1.807, 2.05) is 0 Å². The Kier molecular flexibility index (Phi) is 3.51. The van der Waals surface area contributed by atoms with Crippen LogP contribution in [-0.4, -0.2) is 17.8 Å². The van der Waals surface area contributed by atoms with Crippen LogP contribution < -0.4 is 0 Å². The van der Waals surface area contributed by atoms with Crippen molar-refractivity contribution in [3.05, 3.63) is 35.4 Å². The second-order valence-corrected chi connectivity index (χ2v) is 4.02. The summed E-state index contributed by atoms with van der Waals surface area (Å²) < 4.78 is 31.1. The molecule has 0 radical (unpaired) electrons. The maximum absolute atomic E-state index is 13.0. The molecule has 0 aliphatic carbocycles. The molecule has 1 aliphatic rings. The standard InChI is InChI=1S/C12H14F2O2/c13-9-5-4-8(7-10(9)14)12(15)11-3-1-2-6-16-11/h4-5,7,11-12,15H,1-3,6H2. The summed E-state index contributed by atoms with van der Waals surface area (Å²) >= 11 is 0. The van der Waals surface area contributed by atoms with E-state index in [-0.39, 0.29) is 6.10 Å². The molecular formula is C12H14F2O2. The van der Waals surface area contributed by atoms with Gasteiger partial charge in [-0.25, -0.2) is 8.78 Å². The first-order chi connectivity index (χ1) is 7.68. The van der Waals surface area contributed by atoms with E-state index in [4.69, 9.17) is 4.74 Å². The van der Waals surface area contributed by atoms with Crippen molar-refractivity contribution in [1.82, 2.24) is 0 Å². The number of halogens is 2. The van der Waals surface area contributed by atoms with Crippen molar-refractivity contribution >= 4 is 0 Å². The maximum Gasteiger partial charge on any atom is 0.159 e. The van der Waals surface area contributed by atoms with Gasteiger partial charge in [0.25, 0.3) is 0 Å². The van der Waals surface area contributed by atoms with Gasteiger partial charge < -0.3 is 9.84 Å². The Hall–Kier alpha value is -1.00. The largest absolute Gasteiger partial charge is 0.386 e. The number of hydrogen-bond acceptors (Lipinski definition) is 2. The molecule has 1 N–H and O–H groups in total. The molecule has 16 heavy (non-hydrogen) atoms. The molecule has 0 spiro atoms. The zero-order chi connectivity index (χ0) is 11.5. The lowest BCUT2D eigenvalue weighted by Gasteiger charge is -2.27. The highest BCUT2D eigenvalue weighted by atomic mass is 19.2. The molecule has 0 saturated carbocycles. The summed E-state index contributed by atoms with van der Waals surface area (Å²) in [6.45, 7) is 0.616. The molecule has 2 unspecified atom stereocenters. The fraction of sp³-hybridized carbons (Fsp3) is 0.500. The highest BCUT2D eigenvalue weighted by Gasteiger charge is 2.24. The van der Waals surface area contributed by atoms with Crippen molar-refractivity contribution < 1.29 is 18.6 Å². The molecule has 0 aromatic heterocycles. The predicted molar refractivity (Wildman–Crippen MR) is 54.9 cm³/mol. The van der Waals surface area contributed by atoms with E-state index in [9.17, 15) is 13.9 Å². The third-order valence-electron chi connectivity index (χ3n) is 2.85. The average molecular weight is 228 g/mol. The Morgan fingerprint density at radius 3 is 2.69 bits per heavy atom. The van der Waals surface area contributed by atoms with Crippen LogP contribution in [0.2, 0.25) is 0 Å². The number of aliphatic hydroxyl groups excluding tert-OH is 1. The number of hydrogen-bond donors (Lipinski definition) is 1. The Morgan fingerprint density at radius 2 is 2.06 bits per heavy atom. The van der Waals surface area contributed by atoms with Crippen LogP contribution in [0.15, 0.2) is 18.2 Å². The first-order valence-electron chi connectivity index (χ1n) is 5.43. The zero-order valence-corrected chi connectivity index (χ0v) is 8.83. The van der Waals surface area contributed by atoms with Crippen LogP contribution in [0.25, 0.3) is 0 Å². The van der Waals surface area contributed by atoms with Gasteiger partial charge in [-0.15, -0.1) is 0 Å². The van der Waals surface area contributed by atoms with Gasteiger partial charge in [0.15, 0.2) is 11.6 Å². The van der Waals surface area contributed by atoms with Crippen molar-refractivity contribution in [1.29, 1.82) is 0 Å². The summed E-state index contributed by atoms with van der Waals surface area (Å²) in [5.41, 5.74) is 0.366. The van der Waals surface area contributed by atoms with Crippen LogP contribution in [0.4, 0.5) is 8.78 Å². The van der Waals surface area contributed by atoms with Gasteiger partial charge in [0, 0.05) is 6.61 Å². The van der Waals surface area contributed by atoms with Gasteiger partial charge in [-0.05, 0) is 37.0 Å². The van der Waals surface area contributed by atoms with Crippen LogP contribution in [-0.2, 0) is 4.74 Å². The molecule has 2 atom stereocenters. The van der Waals surface area contributed by atoms with Crippen LogP contribution in [0.5, 0.6) is 0 Å². The molecule has 1 saturated heterocycles. The van der Waals surface area contributed by atoms with E-state index in [0.29, 0.717) is 12.2 Å². The first-order valence-corrected chi connectivity index (χ1v) is 5.43. The zero-order valence-electron chi connectivity index (χ0n) is 8.83. The van der Waals surface area contributed by atoms with E-state index in [1.54, 1.807) is 0 Å². The lowest BCUT2D eigenvalue weighted by atomic mass is 9.98. The highest BCUT2D eigenvalue weighted by Crippen LogP contribution is 2.27. The summed E-state index contributed by atoms with van der Waals surface area (Å²) in [6, 6.07) is 3.44. The molecule has 1 fully saturated rings. The smallest absolute Gasteiger partial charge is 0.159 e. The Morgan fingerprint density at radius 1 is 1.25 bits per heavy atom. The summed E-state index contributed by atoms with van der Waals surface area (Å²) in [4.78, 5) is 0. The third kappa shape index (κ3) is 2.39. The van der Waals surface area contributed by atoms with Gasteiger partial charge in [-0.2, -0.15) is 0 Å². The van der Waals surface area contributed by atoms with E-state index >= 15 is 0 Å². The van der Waals surface area contributed by atoms with Gasteiger partial charge >= 0.3 is 0 Å². The molecule has 1 aromatic rings. The normalized spacial score (nSPS) is 23.1. The van der Waals surface area contributed by atoms with Gasteiger partial charge in [-0.1, -0.05) is 6.07 Å². The van der Waals surface area contributed by atoms with Crippen LogP contribution in [0.3, 0.4) is 0 Å². The number of rotatable bonds is 2. The molecule has 0 amide bonds. The minimum atomic E-state index is -0.938. The molecule has 1 aromatic carbocycles. The summed E-state index contributed by atoms with van der Waals surface area (Å²) in [6.07, 6.45) is 1.54. The molecular weight excluding hydrogens is 214 g/mol. The Balaban J connectivity index is 2.12. The molecule has 1 aliphatic heterocycles. The van der Waals surface area contributed by atoms with Gasteiger partial charge in [0.05, 0.1) is 6.10 Å². The number of aliphatic hydroxyl groups is 1. The highest BCUT2D eigenvalue weighted by molar-refractivity contribution is 5.21. The van der Waals surface area contributed by atoms with Crippen LogP contribution in [0.1, 0.15) is 30.9 Å². The van der Waals surface area contributed by atoms with E-state index < -0.39 is 17.7 Å². The molecule has 88 valence electrons. The third-order valence-corrected chi connectivity index (χ3v) is 2.85. The Bertz CT molecular complexity index is 362. The van der Waals surface area contributed by atoms with Gasteiger partial charge in [-0.3, -0.25) is 0 Å². The van der Waals surface area contributed by atoms with Crippen molar-refractivity contribution in [2.45, 2.75) is 31.5 Å². The van der Waals surface area contributed by atoms with Crippen LogP contribution in [0, 0.1) is 11.6 Å². The summed E-state index contributed by atoms with van der Waals surface area (Å²) in [7, 11) is 0. The molecule has 2 nitrogen and oxygen atoms in total. The maximum atomic E-state index is 13.0. The van der Waals surface area contributed by atoms with Crippen molar-refractivity contribution in [3.63, 3.8) is 0 Å². The lowest BCUT2D eigenvalue weighted by molar-refractivity contribution is -0.0634. The molecule has 1 heterocycles. The van der Waals surface area contributed by atoms with Crippen molar-refractivity contribution in [2.24, 2.45) is 0 Å². The van der Waals surface area contributed by atoms with Crippen LogP contribution >= 0.6 is 0 Å². The fourth-order valence-corrected chi connectivity index (χ4v) is 1.93. The summed E-state index contributed by atoms with van der Waals surface area (Å²) in [5.74, 6) is -1.84. The fourth-order valence-electron chi connectivity index (χ4n) is 1.93. The quantitative estimate of drug-likeness (QED) is 0.843. The SMILES string of the molecule is OC(c1ccc(F)c(F)c1)C1CCCCO1. The topological polar surface area (TPSA) is 29.5 Å².